The molecule has 2 N–H and O–H groups in total. The third kappa shape index (κ3) is 5.26. The van der Waals surface area contributed by atoms with Crippen molar-refractivity contribution in [3.63, 3.8) is 0 Å². The van der Waals surface area contributed by atoms with Gasteiger partial charge in [0.2, 0.25) is 5.91 Å². The van der Waals surface area contributed by atoms with E-state index >= 15 is 0 Å². The third-order valence-corrected chi connectivity index (χ3v) is 7.14. The summed E-state index contributed by atoms with van der Waals surface area (Å²) in [6.07, 6.45) is -4.18. The summed E-state index contributed by atoms with van der Waals surface area (Å²) >= 11 is 12.6. The summed E-state index contributed by atoms with van der Waals surface area (Å²) in [5.74, 6) is -1.27. The van der Waals surface area contributed by atoms with Gasteiger partial charge in [-0.25, -0.2) is 4.39 Å². The van der Waals surface area contributed by atoms with E-state index in [1.807, 2.05) is 0 Å². The average Bonchev–Trinajstić information content (AvgIpc) is 3.34. The van der Waals surface area contributed by atoms with Crippen molar-refractivity contribution in [1.29, 1.82) is 0 Å². The first-order valence-electron chi connectivity index (χ1n) is 11.3. The van der Waals surface area contributed by atoms with E-state index in [2.05, 4.69) is 6.58 Å². The zero-order valence-corrected chi connectivity index (χ0v) is 21.3. The van der Waals surface area contributed by atoms with E-state index in [1.165, 1.54) is 46.2 Å². The average molecular weight is 552 g/mol. The van der Waals surface area contributed by atoms with Gasteiger partial charge < -0.3 is 15.5 Å². The van der Waals surface area contributed by atoms with Gasteiger partial charge >= 0.3 is 6.18 Å². The molecule has 0 saturated carbocycles. The van der Waals surface area contributed by atoms with Crippen molar-refractivity contribution in [3.05, 3.63) is 88.2 Å². The zero-order valence-electron chi connectivity index (χ0n) is 19.7. The van der Waals surface area contributed by atoms with Crippen LogP contribution in [0.15, 0.2) is 61.2 Å². The number of nitrogens with zero attached hydrogens (tertiary/aromatic N) is 2. The van der Waals surface area contributed by atoms with Crippen molar-refractivity contribution < 1.29 is 22.4 Å². The van der Waals surface area contributed by atoms with Crippen LogP contribution in [0.25, 0.3) is 16.8 Å². The number of carbonyl (C=O) groups excluding carboxylic acids is 1. The molecule has 1 saturated heterocycles. The number of benzene rings is 3. The van der Waals surface area contributed by atoms with Gasteiger partial charge in [-0.3, -0.25) is 4.79 Å². The Morgan fingerprint density at radius 2 is 1.84 bits per heavy atom. The maximum absolute atomic E-state index is 14.6. The molecule has 1 atom stereocenters. The Labute approximate surface area is 221 Å². The highest BCUT2D eigenvalue weighted by atomic mass is 35.5. The van der Waals surface area contributed by atoms with Gasteiger partial charge in [-0.15, -0.1) is 0 Å². The van der Waals surface area contributed by atoms with Crippen molar-refractivity contribution in [2.75, 3.05) is 23.4 Å². The van der Waals surface area contributed by atoms with E-state index in [4.69, 9.17) is 28.9 Å². The van der Waals surface area contributed by atoms with Gasteiger partial charge in [0.25, 0.3) is 0 Å². The lowest BCUT2D eigenvalue weighted by atomic mass is 10.00. The van der Waals surface area contributed by atoms with Crippen LogP contribution in [0.3, 0.4) is 0 Å². The first kappa shape index (κ1) is 26.8. The molecule has 0 aliphatic carbocycles. The van der Waals surface area contributed by atoms with Gasteiger partial charge in [0.15, 0.2) is 0 Å². The van der Waals surface area contributed by atoms with Gasteiger partial charge in [-0.05, 0) is 60.9 Å². The largest absolute Gasteiger partial charge is 0.408 e. The lowest BCUT2D eigenvalue weighted by Crippen LogP contribution is -2.41. The molecule has 194 valence electrons. The van der Waals surface area contributed by atoms with E-state index in [1.54, 1.807) is 25.2 Å². The number of nitrogens with two attached hydrogens (primary N) is 1. The van der Waals surface area contributed by atoms with Gasteiger partial charge in [-0.1, -0.05) is 41.9 Å². The molecular formula is C27H23Cl2F4N3O. The molecule has 3 aromatic carbocycles. The molecule has 1 amide bonds. The molecule has 1 fully saturated rings. The molecule has 37 heavy (non-hydrogen) atoms. The summed E-state index contributed by atoms with van der Waals surface area (Å²) in [6.45, 7) is 4.14. The molecular weight excluding hydrogens is 529 g/mol. The van der Waals surface area contributed by atoms with Crippen LogP contribution in [-0.2, 0) is 0 Å². The maximum Gasteiger partial charge on any atom is 0.408 e. The summed E-state index contributed by atoms with van der Waals surface area (Å²) in [5, 5.41) is 0.424. The molecule has 0 aromatic heterocycles. The van der Waals surface area contributed by atoms with Gasteiger partial charge in [-0.2, -0.15) is 13.2 Å². The number of hydrogen-bond acceptors (Lipinski definition) is 3. The quantitative estimate of drug-likeness (QED) is 0.322. The lowest BCUT2D eigenvalue weighted by Gasteiger charge is -2.34. The zero-order chi connectivity index (χ0) is 27.1. The number of hydrogen-bond donors (Lipinski definition) is 1. The smallest absolute Gasteiger partial charge is 0.366 e. The van der Waals surface area contributed by atoms with Crippen molar-refractivity contribution in [2.45, 2.75) is 25.1 Å². The van der Waals surface area contributed by atoms with E-state index < -0.39 is 23.9 Å². The minimum absolute atomic E-state index is 0.0488. The van der Waals surface area contributed by atoms with Crippen LogP contribution >= 0.6 is 23.2 Å². The molecule has 0 unspecified atom stereocenters. The summed E-state index contributed by atoms with van der Waals surface area (Å²) < 4.78 is 56.6. The Kier molecular flexibility index (Phi) is 7.44. The normalized spacial score (nSPS) is 15.6. The fraction of sp³-hybridized carbons (Fsp3) is 0.222. The Morgan fingerprint density at radius 1 is 1.11 bits per heavy atom. The predicted octanol–water partition coefficient (Wildman–Crippen LogP) is 7.54. The maximum atomic E-state index is 14.6. The lowest BCUT2D eigenvalue weighted by molar-refractivity contribution is -0.145. The first-order chi connectivity index (χ1) is 17.4. The molecule has 1 aliphatic rings. The molecule has 1 aliphatic heterocycles. The van der Waals surface area contributed by atoms with Crippen LogP contribution in [-0.4, -0.2) is 31.7 Å². The number of alkyl halides is 3. The van der Waals surface area contributed by atoms with Crippen molar-refractivity contribution in [1.82, 2.24) is 0 Å². The monoisotopic (exact) mass is 551 g/mol. The van der Waals surface area contributed by atoms with Crippen molar-refractivity contribution >= 4 is 46.2 Å². The number of carbonyl (C=O) groups is 1. The van der Waals surface area contributed by atoms with Crippen LogP contribution in [0.5, 0.6) is 0 Å². The molecule has 0 radical (unpaired) electrons. The van der Waals surface area contributed by atoms with Gasteiger partial charge in [0, 0.05) is 35.4 Å². The number of anilines is 2. The number of rotatable bonds is 6. The van der Waals surface area contributed by atoms with E-state index in [0.717, 1.165) is 0 Å². The Hall–Kier alpha value is -3.23. The Balaban J connectivity index is 1.88. The second-order valence-corrected chi connectivity index (χ2v) is 9.57. The van der Waals surface area contributed by atoms with Gasteiger partial charge in [0.1, 0.15) is 11.9 Å². The molecule has 10 heteroatoms. The fourth-order valence-electron chi connectivity index (χ4n) is 4.59. The second kappa shape index (κ2) is 10.3. The van der Waals surface area contributed by atoms with Crippen molar-refractivity contribution in [2.24, 2.45) is 5.73 Å². The SMILES string of the molecule is C=C(c1c(F)cccc1Cl)N(C)c1ccc(-c2cc(C(N)=O)ccc2Cl)cc1N1CCC[C@@H]1C(F)(F)F. The van der Waals surface area contributed by atoms with Gasteiger partial charge in [0.05, 0.1) is 22.0 Å². The number of halogens is 6. The standard InChI is InChI=1S/C27H23Cl2F4N3O/c1-15(25-20(29)5-3-6-21(25)30)35(2)22-11-9-16(18-13-17(26(34)37)8-10-19(18)28)14-23(22)36-12-4-7-24(36)27(31,32)33/h3,5-6,8-11,13-14,24H,1,4,7,12H2,2H3,(H2,34,37)/t24-/m1/s1. The minimum Gasteiger partial charge on any atom is -0.366 e. The van der Waals surface area contributed by atoms with E-state index in [9.17, 15) is 22.4 Å². The summed E-state index contributed by atoms with van der Waals surface area (Å²) in [7, 11) is 1.59. The minimum atomic E-state index is -4.46. The topological polar surface area (TPSA) is 49.6 Å². The van der Waals surface area contributed by atoms with Crippen LogP contribution in [0, 0.1) is 5.82 Å². The third-order valence-electron chi connectivity index (χ3n) is 6.49. The summed E-state index contributed by atoms with van der Waals surface area (Å²) in [5.41, 5.74) is 7.39. The van der Waals surface area contributed by atoms with Crippen LogP contribution in [0.1, 0.15) is 28.8 Å². The molecule has 3 aromatic rings. The first-order valence-corrected chi connectivity index (χ1v) is 12.1. The molecule has 0 bridgehead atoms. The predicted molar refractivity (Wildman–Crippen MR) is 141 cm³/mol. The summed E-state index contributed by atoms with van der Waals surface area (Å²) in [4.78, 5) is 14.5. The highest BCUT2D eigenvalue weighted by Crippen LogP contribution is 2.44. The molecule has 4 rings (SSSR count). The van der Waals surface area contributed by atoms with Crippen LogP contribution in [0.4, 0.5) is 28.9 Å². The second-order valence-electron chi connectivity index (χ2n) is 8.76. The van der Waals surface area contributed by atoms with Crippen molar-refractivity contribution in [3.8, 4) is 11.1 Å². The Morgan fingerprint density at radius 3 is 2.49 bits per heavy atom. The molecule has 4 nitrogen and oxygen atoms in total. The van der Waals surface area contributed by atoms with E-state index in [0.29, 0.717) is 28.3 Å². The molecule has 0 spiro atoms. The van der Waals surface area contributed by atoms with Crippen LogP contribution in [0.2, 0.25) is 10.0 Å². The highest BCUT2D eigenvalue weighted by Gasteiger charge is 2.46. The highest BCUT2D eigenvalue weighted by molar-refractivity contribution is 6.33. The van der Waals surface area contributed by atoms with E-state index in [-0.39, 0.29) is 40.5 Å². The van der Waals surface area contributed by atoms with Crippen LogP contribution < -0.4 is 15.5 Å². The Bertz CT molecular complexity index is 1360. The molecule has 1 heterocycles. The fourth-order valence-corrected chi connectivity index (χ4v) is 5.09. The number of amides is 1. The summed E-state index contributed by atoms with van der Waals surface area (Å²) in [6, 6.07) is 11.8. The number of primary amides is 1.